The van der Waals surface area contributed by atoms with Crippen molar-refractivity contribution in [2.24, 2.45) is 0 Å². The average Bonchev–Trinajstić information content (AvgIpc) is 2.24. The number of ketones is 1. The molecular weight excluding hydrogens is 228 g/mol. The van der Waals surface area contributed by atoms with Crippen molar-refractivity contribution in [1.29, 1.82) is 0 Å². The van der Waals surface area contributed by atoms with Crippen molar-refractivity contribution >= 4 is 17.7 Å². The number of ether oxygens (including phenoxy) is 1. The molecule has 1 atom stereocenters. The Hall–Kier alpha value is -1.69. The second-order valence-electron chi connectivity index (χ2n) is 3.58. The molecule has 0 spiro atoms. The van der Waals surface area contributed by atoms with Crippen molar-refractivity contribution in [3.63, 3.8) is 0 Å². The molecule has 17 heavy (non-hydrogen) atoms. The predicted molar refractivity (Wildman–Crippen MR) is 58.3 cm³/mol. The Balaban J connectivity index is 3.77. The first kappa shape index (κ1) is 15.3. The number of aliphatic hydroxyl groups is 1. The van der Waals surface area contributed by atoms with Gasteiger partial charge in [0.05, 0.1) is 19.4 Å². The summed E-state index contributed by atoms with van der Waals surface area (Å²) in [5.41, 5.74) is 0.326. The summed E-state index contributed by atoms with van der Waals surface area (Å²) in [6.07, 6.45) is -1.90. The molecule has 0 aliphatic carbocycles. The van der Waals surface area contributed by atoms with Gasteiger partial charge in [0.15, 0.2) is 5.78 Å². The minimum Gasteiger partial charge on any atom is -0.481 e. The van der Waals surface area contributed by atoms with Gasteiger partial charge in [-0.15, -0.1) is 0 Å². The standard InChI is InChI=1S/C11H16O6/c1-7(2)11(16)8(12)5-6-17-10(15)4-3-9(13)14/h11,16H,1,3-6H2,2H3,(H,13,14). The Labute approximate surface area is 98.9 Å². The van der Waals surface area contributed by atoms with Crippen LogP contribution in [0.15, 0.2) is 12.2 Å². The van der Waals surface area contributed by atoms with Gasteiger partial charge in [-0.1, -0.05) is 6.58 Å². The van der Waals surface area contributed by atoms with E-state index in [1.54, 1.807) is 0 Å². The highest BCUT2D eigenvalue weighted by atomic mass is 16.5. The summed E-state index contributed by atoms with van der Waals surface area (Å²) in [6.45, 7) is 4.77. The predicted octanol–water partition coefficient (Wildman–Crippen LogP) is 0.291. The molecular formula is C11H16O6. The molecule has 6 nitrogen and oxygen atoms in total. The Morgan fingerprint density at radius 3 is 2.29 bits per heavy atom. The van der Waals surface area contributed by atoms with Crippen LogP contribution in [0.3, 0.4) is 0 Å². The molecule has 0 aromatic heterocycles. The minimum atomic E-state index is -1.24. The van der Waals surface area contributed by atoms with Crippen LogP contribution in [0.1, 0.15) is 26.2 Å². The summed E-state index contributed by atoms with van der Waals surface area (Å²) < 4.78 is 4.63. The molecule has 0 aliphatic rings. The first-order valence-electron chi connectivity index (χ1n) is 5.08. The zero-order valence-corrected chi connectivity index (χ0v) is 9.64. The number of aliphatic carboxylic acids is 1. The normalized spacial score (nSPS) is 11.6. The molecule has 0 aromatic carbocycles. The van der Waals surface area contributed by atoms with Gasteiger partial charge < -0.3 is 14.9 Å². The average molecular weight is 244 g/mol. The molecule has 0 rings (SSSR count). The second-order valence-corrected chi connectivity index (χ2v) is 3.58. The lowest BCUT2D eigenvalue weighted by Gasteiger charge is -2.08. The monoisotopic (exact) mass is 244 g/mol. The van der Waals surface area contributed by atoms with Gasteiger partial charge in [0.2, 0.25) is 0 Å². The van der Waals surface area contributed by atoms with E-state index < -0.39 is 23.8 Å². The van der Waals surface area contributed by atoms with Gasteiger partial charge in [0, 0.05) is 6.42 Å². The molecule has 0 radical (unpaired) electrons. The molecule has 0 amide bonds. The van der Waals surface area contributed by atoms with Crippen molar-refractivity contribution in [3.05, 3.63) is 12.2 Å². The van der Waals surface area contributed by atoms with Gasteiger partial charge in [-0.2, -0.15) is 0 Å². The van der Waals surface area contributed by atoms with Gasteiger partial charge in [-0.3, -0.25) is 14.4 Å². The summed E-state index contributed by atoms with van der Waals surface area (Å²) in [4.78, 5) is 32.3. The molecule has 0 heterocycles. The van der Waals surface area contributed by atoms with Gasteiger partial charge in [0.1, 0.15) is 6.10 Å². The summed E-state index contributed by atoms with van der Waals surface area (Å²) in [5, 5.41) is 17.6. The van der Waals surface area contributed by atoms with Crippen LogP contribution in [-0.4, -0.2) is 40.6 Å². The van der Waals surface area contributed by atoms with Crippen LogP contribution < -0.4 is 0 Å². The first-order valence-corrected chi connectivity index (χ1v) is 5.08. The molecule has 0 aromatic rings. The summed E-state index contributed by atoms with van der Waals surface area (Å²) in [5.74, 6) is -2.25. The van der Waals surface area contributed by atoms with E-state index in [9.17, 15) is 19.5 Å². The number of rotatable bonds is 8. The number of carbonyl (C=O) groups is 3. The first-order chi connectivity index (χ1) is 7.84. The molecule has 6 heteroatoms. The van der Waals surface area contributed by atoms with E-state index in [0.29, 0.717) is 5.57 Å². The lowest BCUT2D eigenvalue weighted by atomic mass is 10.1. The van der Waals surface area contributed by atoms with E-state index >= 15 is 0 Å². The number of hydrogen-bond donors (Lipinski definition) is 2. The van der Waals surface area contributed by atoms with Gasteiger partial charge in [0.25, 0.3) is 0 Å². The van der Waals surface area contributed by atoms with E-state index in [0.717, 1.165) is 0 Å². The smallest absolute Gasteiger partial charge is 0.306 e. The Kier molecular flexibility index (Phi) is 6.81. The van der Waals surface area contributed by atoms with E-state index in [4.69, 9.17) is 5.11 Å². The maximum atomic E-state index is 11.2. The third-order valence-electron chi connectivity index (χ3n) is 1.93. The van der Waals surface area contributed by atoms with Crippen LogP contribution in [0.2, 0.25) is 0 Å². The lowest BCUT2D eigenvalue weighted by Crippen LogP contribution is -2.23. The van der Waals surface area contributed by atoms with Crippen molar-refractivity contribution in [1.82, 2.24) is 0 Å². The Bertz CT molecular complexity index is 320. The summed E-state index contributed by atoms with van der Waals surface area (Å²) in [6, 6.07) is 0. The van der Waals surface area contributed by atoms with Crippen LogP contribution in [0, 0.1) is 0 Å². The van der Waals surface area contributed by atoms with Crippen molar-refractivity contribution in [2.45, 2.75) is 32.3 Å². The maximum absolute atomic E-state index is 11.2. The number of carboxylic acid groups (broad SMARTS) is 1. The fourth-order valence-electron chi connectivity index (χ4n) is 0.958. The zero-order chi connectivity index (χ0) is 13.4. The topological polar surface area (TPSA) is 101 Å². The third kappa shape index (κ3) is 7.24. The molecule has 96 valence electrons. The van der Waals surface area contributed by atoms with Crippen LogP contribution in [0.4, 0.5) is 0 Å². The molecule has 0 saturated carbocycles. The molecule has 0 saturated heterocycles. The Morgan fingerprint density at radius 1 is 1.24 bits per heavy atom. The lowest BCUT2D eigenvalue weighted by molar-refractivity contribution is -0.148. The molecule has 1 unspecified atom stereocenters. The van der Waals surface area contributed by atoms with E-state index in [2.05, 4.69) is 11.3 Å². The number of esters is 1. The largest absolute Gasteiger partial charge is 0.481 e. The highest BCUT2D eigenvalue weighted by Gasteiger charge is 2.16. The number of carbonyl (C=O) groups excluding carboxylic acids is 2. The highest BCUT2D eigenvalue weighted by Crippen LogP contribution is 2.02. The fraction of sp³-hybridized carbons (Fsp3) is 0.545. The number of aliphatic hydroxyl groups excluding tert-OH is 1. The second kappa shape index (κ2) is 7.56. The number of Topliss-reactive ketones (excluding diaryl/α,β-unsaturated/α-hetero) is 1. The number of carboxylic acids is 1. The zero-order valence-electron chi connectivity index (χ0n) is 9.64. The SMILES string of the molecule is C=C(C)C(O)C(=O)CCOC(=O)CCC(=O)O. The highest BCUT2D eigenvalue weighted by molar-refractivity contribution is 5.85. The van der Waals surface area contributed by atoms with Gasteiger partial charge in [-0.25, -0.2) is 0 Å². The number of hydrogen-bond acceptors (Lipinski definition) is 5. The van der Waals surface area contributed by atoms with E-state index in [1.165, 1.54) is 6.92 Å². The quantitative estimate of drug-likeness (QED) is 0.470. The summed E-state index contributed by atoms with van der Waals surface area (Å²) in [7, 11) is 0. The van der Waals surface area contributed by atoms with Crippen LogP contribution >= 0.6 is 0 Å². The molecule has 0 bridgehead atoms. The molecule has 0 aliphatic heterocycles. The summed E-state index contributed by atoms with van der Waals surface area (Å²) >= 11 is 0. The minimum absolute atomic E-state index is 0.118. The molecule has 2 N–H and O–H groups in total. The van der Waals surface area contributed by atoms with Crippen LogP contribution in [0.25, 0.3) is 0 Å². The maximum Gasteiger partial charge on any atom is 0.306 e. The van der Waals surface area contributed by atoms with Gasteiger partial charge in [-0.05, 0) is 12.5 Å². The fourth-order valence-corrected chi connectivity index (χ4v) is 0.958. The van der Waals surface area contributed by atoms with Crippen molar-refractivity contribution in [2.75, 3.05) is 6.61 Å². The van der Waals surface area contributed by atoms with Crippen LogP contribution in [-0.2, 0) is 19.1 Å². The van der Waals surface area contributed by atoms with Gasteiger partial charge >= 0.3 is 11.9 Å². The third-order valence-corrected chi connectivity index (χ3v) is 1.93. The van der Waals surface area contributed by atoms with E-state index in [1.807, 2.05) is 0 Å². The van der Waals surface area contributed by atoms with E-state index in [-0.39, 0.29) is 25.9 Å². The van der Waals surface area contributed by atoms with Crippen molar-refractivity contribution in [3.8, 4) is 0 Å². The van der Waals surface area contributed by atoms with Crippen LogP contribution in [0.5, 0.6) is 0 Å². The van der Waals surface area contributed by atoms with Crippen molar-refractivity contribution < 1.29 is 29.3 Å². The molecule has 0 fully saturated rings. The Morgan fingerprint density at radius 2 is 1.82 bits per heavy atom.